The van der Waals surface area contributed by atoms with Crippen LogP contribution in [0.1, 0.15) is 22.8 Å². The van der Waals surface area contributed by atoms with E-state index in [9.17, 15) is 18.8 Å². The minimum atomic E-state index is -0.765. The number of benzene rings is 3. The molecular formula is C24H22FN3O3. The van der Waals surface area contributed by atoms with Crippen molar-refractivity contribution in [3.63, 3.8) is 0 Å². The predicted molar refractivity (Wildman–Crippen MR) is 116 cm³/mol. The summed E-state index contributed by atoms with van der Waals surface area (Å²) in [5, 5.41) is 4.31. The first-order chi connectivity index (χ1) is 14.9. The zero-order valence-corrected chi connectivity index (χ0v) is 17.3. The lowest BCUT2D eigenvalue weighted by Gasteiger charge is -2.30. The topological polar surface area (TPSA) is 69.7 Å². The van der Waals surface area contributed by atoms with Crippen LogP contribution in [-0.2, 0) is 16.1 Å². The Morgan fingerprint density at radius 2 is 1.74 bits per heavy atom. The number of carbonyl (C=O) groups is 3. The molecule has 0 radical (unpaired) electrons. The molecule has 0 aromatic heterocycles. The molecule has 0 unspecified atom stereocenters. The molecular weight excluding hydrogens is 397 g/mol. The van der Waals surface area contributed by atoms with E-state index in [1.165, 1.54) is 29.0 Å². The van der Waals surface area contributed by atoms with Gasteiger partial charge in [-0.05, 0) is 42.1 Å². The van der Waals surface area contributed by atoms with E-state index >= 15 is 0 Å². The second-order valence-corrected chi connectivity index (χ2v) is 7.51. The predicted octanol–water partition coefficient (Wildman–Crippen LogP) is 3.10. The number of carbonyl (C=O) groups excluding carboxylic acids is 3. The van der Waals surface area contributed by atoms with Gasteiger partial charge in [0, 0.05) is 24.5 Å². The average molecular weight is 419 g/mol. The molecule has 3 aromatic rings. The van der Waals surface area contributed by atoms with Gasteiger partial charge >= 0.3 is 0 Å². The highest BCUT2D eigenvalue weighted by Crippen LogP contribution is 2.37. The van der Waals surface area contributed by atoms with Crippen LogP contribution in [-0.4, -0.2) is 42.3 Å². The minimum Gasteiger partial charge on any atom is -0.357 e. The zero-order chi connectivity index (χ0) is 22.1. The van der Waals surface area contributed by atoms with Crippen LogP contribution in [0.4, 0.5) is 10.1 Å². The molecule has 1 heterocycles. The highest BCUT2D eigenvalue weighted by atomic mass is 19.1. The normalized spacial score (nSPS) is 13.4. The van der Waals surface area contributed by atoms with E-state index in [1.807, 2.05) is 30.3 Å². The number of rotatable bonds is 6. The fourth-order valence-corrected chi connectivity index (χ4v) is 3.94. The Kier molecular flexibility index (Phi) is 5.42. The van der Waals surface area contributed by atoms with Gasteiger partial charge in [-0.2, -0.15) is 0 Å². The Hall–Kier alpha value is -3.74. The van der Waals surface area contributed by atoms with Gasteiger partial charge in [-0.15, -0.1) is 0 Å². The van der Waals surface area contributed by atoms with Crippen molar-refractivity contribution in [3.05, 3.63) is 77.6 Å². The van der Waals surface area contributed by atoms with Crippen molar-refractivity contribution in [2.24, 2.45) is 0 Å². The van der Waals surface area contributed by atoms with Crippen LogP contribution in [0, 0.1) is 5.82 Å². The Bertz CT molecular complexity index is 1170. The molecule has 1 aliphatic heterocycles. The van der Waals surface area contributed by atoms with Crippen molar-refractivity contribution >= 4 is 34.2 Å². The standard InChI is InChI=1S/C24H22FN3O3/c1-15(23(30)26-2)27(13-16-9-11-18(25)12-10-16)21(29)14-28-20-8-4-6-17-5-3-7-19(22(17)20)24(28)31/h3-12,15H,13-14H2,1-2H3,(H,26,30)/t15-/m0/s1. The molecule has 0 saturated heterocycles. The molecule has 3 amide bonds. The number of hydrogen-bond donors (Lipinski definition) is 1. The molecule has 0 spiro atoms. The Labute approximate surface area is 179 Å². The lowest BCUT2D eigenvalue weighted by molar-refractivity contribution is -0.139. The summed E-state index contributed by atoms with van der Waals surface area (Å²) in [4.78, 5) is 41.5. The summed E-state index contributed by atoms with van der Waals surface area (Å²) in [7, 11) is 1.50. The van der Waals surface area contributed by atoms with Crippen LogP contribution in [0.25, 0.3) is 10.8 Å². The van der Waals surface area contributed by atoms with Gasteiger partial charge < -0.3 is 10.2 Å². The lowest BCUT2D eigenvalue weighted by Crippen LogP contribution is -2.50. The number of hydrogen-bond acceptors (Lipinski definition) is 3. The van der Waals surface area contributed by atoms with E-state index < -0.39 is 6.04 Å². The highest BCUT2D eigenvalue weighted by Gasteiger charge is 2.34. The van der Waals surface area contributed by atoms with Gasteiger partial charge in [0.05, 0.1) is 5.69 Å². The van der Waals surface area contributed by atoms with Gasteiger partial charge in [0.25, 0.3) is 5.91 Å². The third-order valence-corrected chi connectivity index (χ3v) is 5.62. The largest absolute Gasteiger partial charge is 0.357 e. The van der Waals surface area contributed by atoms with Crippen molar-refractivity contribution in [2.75, 3.05) is 18.5 Å². The number of amides is 3. The first-order valence-electron chi connectivity index (χ1n) is 10.00. The van der Waals surface area contributed by atoms with Crippen LogP contribution in [0.5, 0.6) is 0 Å². The zero-order valence-electron chi connectivity index (χ0n) is 17.3. The van der Waals surface area contributed by atoms with E-state index in [0.29, 0.717) is 16.8 Å². The van der Waals surface area contributed by atoms with Gasteiger partial charge in [0.2, 0.25) is 11.8 Å². The fourth-order valence-electron chi connectivity index (χ4n) is 3.94. The quantitative estimate of drug-likeness (QED) is 0.668. The fraction of sp³-hybridized carbons (Fsp3) is 0.208. The van der Waals surface area contributed by atoms with Crippen LogP contribution < -0.4 is 10.2 Å². The first-order valence-corrected chi connectivity index (χ1v) is 10.00. The lowest BCUT2D eigenvalue weighted by atomic mass is 10.1. The van der Waals surface area contributed by atoms with Gasteiger partial charge in [0.15, 0.2) is 0 Å². The molecule has 0 fully saturated rings. The molecule has 0 aliphatic carbocycles. The molecule has 1 atom stereocenters. The van der Waals surface area contributed by atoms with E-state index in [4.69, 9.17) is 0 Å². The molecule has 0 bridgehead atoms. The van der Waals surface area contributed by atoms with Crippen molar-refractivity contribution in [3.8, 4) is 0 Å². The van der Waals surface area contributed by atoms with Gasteiger partial charge in [-0.3, -0.25) is 19.3 Å². The Morgan fingerprint density at radius 1 is 1.06 bits per heavy atom. The SMILES string of the molecule is CNC(=O)[C@H](C)N(Cc1ccc(F)cc1)C(=O)CN1C(=O)c2cccc3cccc1c23. The van der Waals surface area contributed by atoms with E-state index in [0.717, 1.165) is 10.8 Å². The summed E-state index contributed by atoms with van der Waals surface area (Å²) in [5.74, 6) is -1.32. The van der Waals surface area contributed by atoms with E-state index in [2.05, 4.69) is 5.32 Å². The van der Waals surface area contributed by atoms with Crippen LogP contribution in [0.2, 0.25) is 0 Å². The number of halogens is 1. The molecule has 4 rings (SSSR count). The van der Waals surface area contributed by atoms with Crippen LogP contribution >= 0.6 is 0 Å². The number of likely N-dealkylation sites (N-methyl/N-ethyl adjacent to an activating group) is 1. The first kappa shape index (κ1) is 20.5. The minimum absolute atomic E-state index is 0.118. The summed E-state index contributed by atoms with van der Waals surface area (Å²) in [6, 6.07) is 16.1. The Balaban J connectivity index is 1.63. The van der Waals surface area contributed by atoms with Gasteiger partial charge in [0.1, 0.15) is 18.4 Å². The van der Waals surface area contributed by atoms with Gasteiger partial charge in [-0.25, -0.2) is 4.39 Å². The monoisotopic (exact) mass is 419 g/mol. The smallest absolute Gasteiger partial charge is 0.259 e. The van der Waals surface area contributed by atoms with Crippen LogP contribution in [0.3, 0.4) is 0 Å². The van der Waals surface area contributed by atoms with E-state index in [-0.39, 0.29) is 36.6 Å². The molecule has 3 aromatic carbocycles. The third kappa shape index (κ3) is 3.74. The molecule has 1 N–H and O–H groups in total. The summed E-state index contributed by atoms with van der Waals surface area (Å²) in [6.45, 7) is 1.55. The maximum atomic E-state index is 13.3. The number of nitrogens with one attached hydrogen (secondary N) is 1. The average Bonchev–Trinajstić information content (AvgIpc) is 3.05. The van der Waals surface area contributed by atoms with E-state index in [1.54, 1.807) is 25.1 Å². The van der Waals surface area contributed by atoms with Crippen molar-refractivity contribution in [1.82, 2.24) is 10.2 Å². The maximum absolute atomic E-state index is 13.3. The number of anilines is 1. The highest BCUT2D eigenvalue weighted by molar-refractivity contribution is 6.26. The summed E-state index contributed by atoms with van der Waals surface area (Å²) in [6.07, 6.45) is 0. The molecule has 6 nitrogen and oxygen atoms in total. The van der Waals surface area contributed by atoms with Crippen molar-refractivity contribution in [2.45, 2.75) is 19.5 Å². The second kappa shape index (κ2) is 8.18. The summed E-state index contributed by atoms with van der Waals surface area (Å²) in [5.41, 5.74) is 1.93. The summed E-state index contributed by atoms with van der Waals surface area (Å²) >= 11 is 0. The molecule has 1 aliphatic rings. The van der Waals surface area contributed by atoms with Crippen LogP contribution in [0.15, 0.2) is 60.7 Å². The molecule has 7 heteroatoms. The maximum Gasteiger partial charge on any atom is 0.259 e. The molecule has 31 heavy (non-hydrogen) atoms. The second-order valence-electron chi connectivity index (χ2n) is 7.51. The Morgan fingerprint density at radius 3 is 2.42 bits per heavy atom. The van der Waals surface area contributed by atoms with Crippen molar-refractivity contribution in [1.29, 1.82) is 0 Å². The van der Waals surface area contributed by atoms with Gasteiger partial charge in [-0.1, -0.05) is 36.4 Å². The molecule has 0 saturated carbocycles. The van der Waals surface area contributed by atoms with Crippen molar-refractivity contribution < 1.29 is 18.8 Å². The molecule has 158 valence electrons. The third-order valence-electron chi connectivity index (χ3n) is 5.62. The summed E-state index contributed by atoms with van der Waals surface area (Å²) < 4.78 is 13.3. The number of nitrogens with zero attached hydrogens (tertiary/aromatic N) is 2.